The van der Waals surface area contributed by atoms with Crippen molar-refractivity contribution in [1.29, 1.82) is 0 Å². The molecule has 1 aromatic heterocycles. The number of nitrogens with two attached hydrogens (primary N) is 2. The molecule has 2 aromatic rings. The fraction of sp³-hybridized carbons (Fsp3) is 0.500. The van der Waals surface area contributed by atoms with Crippen molar-refractivity contribution < 1.29 is 14.7 Å². The fourth-order valence-electron chi connectivity index (χ4n) is 4.01. The molecule has 1 aromatic carbocycles. The van der Waals surface area contributed by atoms with Crippen LogP contribution in [0.2, 0.25) is 0 Å². The maximum atomic E-state index is 12.9. The second-order valence-corrected chi connectivity index (χ2v) is 9.05. The van der Waals surface area contributed by atoms with Crippen LogP contribution in [0.1, 0.15) is 43.6 Å². The van der Waals surface area contributed by atoms with Crippen LogP contribution in [0.25, 0.3) is 0 Å². The van der Waals surface area contributed by atoms with Gasteiger partial charge in [-0.1, -0.05) is 19.6 Å². The molecule has 32 heavy (non-hydrogen) atoms. The molecular formula is C22H32N6O3S. The minimum absolute atomic E-state index is 0. The molecule has 174 valence electrons. The molecule has 10 heteroatoms. The summed E-state index contributed by atoms with van der Waals surface area (Å²) in [6, 6.07) is 7.68. The smallest absolute Gasteiger partial charge is 0.275 e. The van der Waals surface area contributed by atoms with Gasteiger partial charge in [-0.05, 0) is 37.8 Å². The summed E-state index contributed by atoms with van der Waals surface area (Å²) < 4.78 is 0. The molecule has 4 rings (SSSR count). The van der Waals surface area contributed by atoms with Crippen molar-refractivity contribution in [3.05, 3.63) is 35.3 Å². The number of carbonyl (C=O) groups excluding carboxylic acids is 2. The molecule has 2 saturated heterocycles. The number of aromatic nitrogens is 1. The number of amides is 2. The molecule has 3 heterocycles. The highest BCUT2D eigenvalue weighted by atomic mass is 32.1. The molecule has 0 aliphatic carbocycles. The molecule has 0 radical (unpaired) electrons. The number of nitrogens with one attached hydrogen (secondary N) is 1. The molecule has 6 N–H and O–H groups in total. The van der Waals surface area contributed by atoms with E-state index in [0.717, 1.165) is 29.6 Å². The van der Waals surface area contributed by atoms with Crippen LogP contribution in [-0.2, 0) is 4.79 Å². The Kier molecular flexibility index (Phi) is 7.37. The summed E-state index contributed by atoms with van der Waals surface area (Å²) in [5.74, 6) is -0.748. The third-order valence-corrected chi connectivity index (χ3v) is 7.00. The zero-order valence-corrected chi connectivity index (χ0v) is 18.1. The van der Waals surface area contributed by atoms with Crippen LogP contribution in [0.3, 0.4) is 0 Å². The van der Waals surface area contributed by atoms with Gasteiger partial charge in [0.05, 0.1) is 23.0 Å². The van der Waals surface area contributed by atoms with Crippen LogP contribution in [0.5, 0.6) is 0 Å². The van der Waals surface area contributed by atoms with E-state index in [1.165, 1.54) is 11.3 Å². The molecule has 0 spiro atoms. The first kappa shape index (κ1) is 24.0. The normalized spacial score (nSPS) is 18.7. The molecule has 0 bridgehead atoms. The molecule has 0 saturated carbocycles. The van der Waals surface area contributed by atoms with Gasteiger partial charge < -0.3 is 31.7 Å². The number of thiazole rings is 1. The van der Waals surface area contributed by atoms with Crippen molar-refractivity contribution in [2.45, 2.75) is 44.8 Å². The lowest BCUT2D eigenvalue weighted by Crippen LogP contribution is -2.58. The van der Waals surface area contributed by atoms with Gasteiger partial charge in [-0.25, -0.2) is 4.98 Å². The zero-order chi connectivity index (χ0) is 22.0. The third kappa shape index (κ3) is 5.03. The van der Waals surface area contributed by atoms with E-state index in [4.69, 9.17) is 11.5 Å². The van der Waals surface area contributed by atoms with Crippen LogP contribution < -0.4 is 26.6 Å². The molecule has 2 aliphatic rings. The summed E-state index contributed by atoms with van der Waals surface area (Å²) in [4.78, 5) is 33.1. The van der Waals surface area contributed by atoms with E-state index in [1.54, 1.807) is 5.38 Å². The highest BCUT2D eigenvalue weighted by molar-refractivity contribution is 7.14. The van der Waals surface area contributed by atoms with Gasteiger partial charge in [-0.15, -0.1) is 11.3 Å². The number of nitrogens with zero attached hydrogens (tertiary/aromatic N) is 3. The largest absolute Gasteiger partial charge is 0.393 e. The standard InChI is InChI=1S/C21H28N6O3S.CH4/c22-19(30)21(23)7-11-27(12-8-21)20-25-16(13-31-20)18(29)24-15-3-1-2-4-17(15)26-9-5-14(28)6-10-26;/h1-4,13-14,28H,5-12,23H2,(H2,22,30)(H,24,29);1H4. The lowest BCUT2D eigenvalue weighted by molar-refractivity contribution is -0.123. The maximum Gasteiger partial charge on any atom is 0.275 e. The number of carbonyl (C=O) groups is 2. The Labute approximate surface area is 192 Å². The summed E-state index contributed by atoms with van der Waals surface area (Å²) in [5.41, 5.74) is 12.5. The lowest BCUT2D eigenvalue weighted by atomic mass is 9.88. The average molecular weight is 461 g/mol. The summed E-state index contributed by atoms with van der Waals surface area (Å²) in [6.45, 7) is 2.63. The number of piperidine rings is 2. The summed E-state index contributed by atoms with van der Waals surface area (Å²) in [6.07, 6.45) is 2.09. The predicted molar refractivity (Wildman–Crippen MR) is 128 cm³/mol. The van der Waals surface area contributed by atoms with Gasteiger partial charge >= 0.3 is 0 Å². The van der Waals surface area contributed by atoms with Gasteiger partial charge in [-0.2, -0.15) is 0 Å². The Morgan fingerprint density at radius 3 is 2.44 bits per heavy atom. The minimum Gasteiger partial charge on any atom is -0.393 e. The molecular weight excluding hydrogens is 428 g/mol. The van der Waals surface area contributed by atoms with Crippen LogP contribution in [0.15, 0.2) is 29.6 Å². The quantitative estimate of drug-likeness (QED) is 0.533. The van der Waals surface area contributed by atoms with Crippen molar-refractivity contribution >= 4 is 39.7 Å². The van der Waals surface area contributed by atoms with Gasteiger partial charge in [0.15, 0.2) is 5.13 Å². The van der Waals surface area contributed by atoms with E-state index in [2.05, 4.69) is 15.2 Å². The second kappa shape index (κ2) is 9.85. The third-order valence-electron chi connectivity index (χ3n) is 6.10. The molecule has 0 atom stereocenters. The SMILES string of the molecule is C.NC(=O)C1(N)CCN(c2nc(C(=O)Nc3ccccc3N3CCC(O)CC3)cs2)CC1. The van der Waals surface area contributed by atoms with E-state index >= 15 is 0 Å². The molecule has 0 unspecified atom stereocenters. The zero-order valence-electron chi connectivity index (χ0n) is 17.3. The Morgan fingerprint density at radius 1 is 1.12 bits per heavy atom. The number of benzene rings is 1. The van der Waals surface area contributed by atoms with E-state index in [0.29, 0.717) is 44.5 Å². The Morgan fingerprint density at radius 2 is 1.78 bits per heavy atom. The number of anilines is 3. The molecule has 2 amide bonds. The second-order valence-electron chi connectivity index (χ2n) is 8.21. The van der Waals surface area contributed by atoms with Crippen LogP contribution >= 0.6 is 11.3 Å². The van der Waals surface area contributed by atoms with Crippen LogP contribution in [0, 0.1) is 0 Å². The monoisotopic (exact) mass is 460 g/mol. The lowest BCUT2D eigenvalue weighted by Gasteiger charge is -2.36. The first-order valence-electron chi connectivity index (χ1n) is 10.5. The molecule has 9 nitrogen and oxygen atoms in total. The van der Waals surface area contributed by atoms with Crippen molar-refractivity contribution in [2.75, 3.05) is 41.3 Å². The summed E-state index contributed by atoms with van der Waals surface area (Å²) in [7, 11) is 0. The van der Waals surface area contributed by atoms with Gasteiger partial charge in [0.1, 0.15) is 5.69 Å². The number of primary amides is 1. The average Bonchev–Trinajstić information content (AvgIpc) is 3.26. The van der Waals surface area contributed by atoms with Gasteiger partial charge in [0.2, 0.25) is 5.91 Å². The Bertz CT molecular complexity index is 949. The maximum absolute atomic E-state index is 12.9. The highest BCUT2D eigenvalue weighted by Crippen LogP contribution is 2.30. The summed E-state index contributed by atoms with van der Waals surface area (Å²) in [5, 5.41) is 15.2. The number of para-hydroxylation sites is 2. The highest BCUT2D eigenvalue weighted by Gasteiger charge is 2.36. The Balaban J connectivity index is 0.00000289. The topological polar surface area (TPSA) is 138 Å². The first-order valence-corrected chi connectivity index (χ1v) is 11.4. The predicted octanol–water partition coefficient (Wildman–Crippen LogP) is 1.78. The number of aliphatic hydroxyl groups excluding tert-OH is 1. The van der Waals surface area contributed by atoms with Gasteiger partial charge in [0, 0.05) is 31.6 Å². The van der Waals surface area contributed by atoms with Crippen LogP contribution in [0.4, 0.5) is 16.5 Å². The van der Waals surface area contributed by atoms with E-state index in [-0.39, 0.29) is 19.4 Å². The van der Waals surface area contributed by atoms with Crippen molar-refractivity contribution in [3.63, 3.8) is 0 Å². The number of hydrogen-bond donors (Lipinski definition) is 4. The molecule has 2 aliphatic heterocycles. The van der Waals surface area contributed by atoms with Crippen molar-refractivity contribution in [2.24, 2.45) is 11.5 Å². The minimum atomic E-state index is -0.970. The van der Waals surface area contributed by atoms with Gasteiger partial charge in [0.25, 0.3) is 5.91 Å². The molecule has 2 fully saturated rings. The van der Waals surface area contributed by atoms with Crippen LogP contribution in [-0.4, -0.2) is 59.7 Å². The van der Waals surface area contributed by atoms with E-state index in [9.17, 15) is 14.7 Å². The summed E-state index contributed by atoms with van der Waals surface area (Å²) >= 11 is 1.39. The number of hydrogen-bond acceptors (Lipinski definition) is 8. The van der Waals surface area contributed by atoms with Crippen molar-refractivity contribution in [3.8, 4) is 0 Å². The van der Waals surface area contributed by atoms with Crippen molar-refractivity contribution in [1.82, 2.24) is 4.98 Å². The number of rotatable bonds is 5. The fourth-order valence-corrected chi connectivity index (χ4v) is 4.86. The first-order chi connectivity index (χ1) is 14.9. The van der Waals surface area contributed by atoms with E-state index < -0.39 is 11.4 Å². The van der Waals surface area contributed by atoms with Gasteiger partial charge in [-0.3, -0.25) is 9.59 Å². The number of aliphatic hydroxyl groups is 1. The Hall–Kier alpha value is -2.69. The van der Waals surface area contributed by atoms with E-state index in [1.807, 2.05) is 29.2 Å².